The highest BCUT2D eigenvalue weighted by Gasteiger charge is 2.32. The van der Waals surface area contributed by atoms with Gasteiger partial charge in [0.15, 0.2) is 0 Å². The molecule has 2 aliphatic heterocycles. The van der Waals surface area contributed by atoms with E-state index < -0.39 is 0 Å². The van der Waals surface area contributed by atoms with Crippen LogP contribution < -0.4 is 5.32 Å². The van der Waals surface area contributed by atoms with Crippen molar-refractivity contribution in [2.75, 3.05) is 13.1 Å². The third-order valence-electron chi connectivity index (χ3n) is 6.26. The van der Waals surface area contributed by atoms with Crippen molar-refractivity contribution < 1.29 is 9.18 Å². The highest BCUT2D eigenvalue weighted by molar-refractivity contribution is 5.84. The number of carbonyl (C=O) groups is 1. The summed E-state index contributed by atoms with van der Waals surface area (Å²) >= 11 is 0. The maximum Gasteiger partial charge on any atom is 0.317 e. The van der Waals surface area contributed by atoms with Crippen molar-refractivity contribution in [2.24, 2.45) is 0 Å². The second kappa shape index (κ2) is 6.65. The molecule has 2 amide bonds. The Morgan fingerprint density at radius 2 is 2.14 bits per heavy atom. The fraction of sp³-hybridized carbons (Fsp3) is 0.429. The topological polar surface area (TPSA) is 66.0 Å². The molecule has 7 heteroatoms. The maximum atomic E-state index is 13.7. The summed E-state index contributed by atoms with van der Waals surface area (Å²) in [5.74, 6) is 1.07. The number of aromatic amines is 1. The van der Waals surface area contributed by atoms with Crippen molar-refractivity contribution in [3.05, 3.63) is 54.0 Å². The summed E-state index contributed by atoms with van der Waals surface area (Å²) < 4.78 is 15.8. The molecule has 1 aromatic carbocycles. The number of urea groups is 1. The van der Waals surface area contributed by atoms with E-state index in [4.69, 9.17) is 0 Å². The van der Waals surface area contributed by atoms with E-state index in [-0.39, 0.29) is 17.9 Å². The normalized spacial score (nSPS) is 22.6. The second-order valence-electron chi connectivity index (χ2n) is 7.97. The molecule has 1 fully saturated rings. The third kappa shape index (κ3) is 2.85. The van der Waals surface area contributed by atoms with Gasteiger partial charge in [-0.1, -0.05) is 0 Å². The lowest BCUT2D eigenvalue weighted by atomic mass is 9.89. The molecule has 2 unspecified atom stereocenters. The average Bonchev–Trinajstić information content (AvgIpc) is 3.40. The van der Waals surface area contributed by atoms with Crippen LogP contribution in [0.15, 0.2) is 36.8 Å². The molecule has 2 N–H and O–H groups in total. The van der Waals surface area contributed by atoms with Gasteiger partial charge in [0.2, 0.25) is 0 Å². The first kappa shape index (κ1) is 17.3. The lowest BCUT2D eigenvalue weighted by Crippen LogP contribution is -2.45. The van der Waals surface area contributed by atoms with Gasteiger partial charge >= 0.3 is 6.03 Å². The van der Waals surface area contributed by atoms with Crippen LogP contribution in [-0.2, 0) is 0 Å². The number of imidazole rings is 1. The minimum atomic E-state index is -0.214. The summed E-state index contributed by atoms with van der Waals surface area (Å²) in [6.45, 7) is 3.55. The summed E-state index contributed by atoms with van der Waals surface area (Å²) in [7, 11) is 0. The monoisotopic (exact) mass is 381 g/mol. The Labute approximate surface area is 162 Å². The summed E-state index contributed by atoms with van der Waals surface area (Å²) in [5, 5.41) is 4.11. The molecule has 2 aromatic heterocycles. The molecule has 5 rings (SSSR count). The Kier molecular flexibility index (Phi) is 4.10. The van der Waals surface area contributed by atoms with Crippen LogP contribution in [0.4, 0.5) is 9.18 Å². The molecule has 3 aromatic rings. The number of fused-ring (bicyclic) bond motifs is 2. The molecule has 0 bridgehead atoms. The first-order valence-electron chi connectivity index (χ1n) is 9.95. The molecule has 0 aliphatic carbocycles. The van der Waals surface area contributed by atoms with Gasteiger partial charge in [-0.3, -0.25) is 0 Å². The molecular formula is C21H24FN5O. The van der Waals surface area contributed by atoms with Crippen molar-refractivity contribution in [3.8, 4) is 0 Å². The van der Waals surface area contributed by atoms with Crippen molar-refractivity contribution in [2.45, 2.75) is 44.2 Å². The third-order valence-corrected chi connectivity index (χ3v) is 6.26. The van der Waals surface area contributed by atoms with Crippen molar-refractivity contribution in [3.63, 3.8) is 0 Å². The number of hydrogen-bond acceptors (Lipinski definition) is 2. The molecule has 1 saturated heterocycles. The standard InChI is InChI=1S/C21H24FN5O/c1-13-10-19(20-23-6-9-27(13)20)25-21(28)26-7-4-14(5-8-26)17-12-24-18-3-2-15(22)11-16(17)18/h2-3,6,9,11-14,19,24H,4-5,7-8,10H2,1H3,(H,25,28). The quantitative estimate of drug-likeness (QED) is 0.702. The van der Waals surface area contributed by atoms with Gasteiger partial charge < -0.3 is 19.8 Å². The van der Waals surface area contributed by atoms with Gasteiger partial charge in [-0.25, -0.2) is 14.2 Å². The van der Waals surface area contributed by atoms with Gasteiger partial charge in [-0.05, 0) is 55.9 Å². The van der Waals surface area contributed by atoms with Crippen molar-refractivity contribution in [1.82, 2.24) is 24.8 Å². The number of nitrogens with one attached hydrogen (secondary N) is 2. The minimum absolute atomic E-state index is 0.0166. The number of amides is 2. The van der Waals surface area contributed by atoms with Gasteiger partial charge in [-0.2, -0.15) is 0 Å². The Morgan fingerprint density at radius 1 is 1.32 bits per heavy atom. The van der Waals surface area contributed by atoms with E-state index in [1.807, 2.05) is 17.3 Å². The van der Waals surface area contributed by atoms with Gasteiger partial charge in [0, 0.05) is 48.6 Å². The van der Waals surface area contributed by atoms with Gasteiger partial charge in [-0.15, -0.1) is 0 Å². The number of likely N-dealkylation sites (tertiary alicyclic amines) is 1. The van der Waals surface area contributed by atoms with Crippen LogP contribution in [0.1, 0.15) is 55.6 Å². The van der Waals surface area contributed by atoms with Crippen molar-refractivity contribution in [1.29, 1.82) is 0 Å². The highest BCUT2D eigenvalue weighted by Crippen LogP contribution is 2.35. The summed E-state index contributed by atoms with van der Waals surface area (Å²) in [4.78, 5) is 22.3. The zero-order chi connectivity index (χ0) is 19.3. The van der Waals surface area contributed by atoms with E-state index in [0.29, 0.717) is 25.0 Å². The smallest absolute Gasteiger partial charge is 0.317 e. The van der Waals surface area contributed by atoms with Crippen LogP contribution in [0.3, 0.4) is 0 Å². The molecule has 6 nitrogen and oxygen atoms in total. The van der Waals surface area contributed by atoms with Crippen LogP contribution in [0.25, 0.3) is 10.9 Å². The van der Waals surface area contributed by atoms with Crippen LogP contribution in [-0.4, -0.2) is 38.6 Å². The largest absolute Gasteiger partial charge is 0.361 e. The molecule has 28 heavy (non-hydrogen) atoms. The minimum Gasteiger partial charge on any atom is -0.361 e. The van der Waals surface area contributed by atoms with E-state index in [1.54, 1.807) is 18.3 Å². The first-order chi connectivity index (χ1) is 13.6. The zero-order valence-electron chi connectivity index (χ0n) is 15.9. The van der Waals surface area contributed by atoms with Crippen LogP contribution in [0, 0.1) is 5.82 Å². The predicted molar refractivity (Wildman–Crippen MR) is 105 cm³/mol. The highest BCUT2D eigenvalue weighted by atomic mass is 19.1. The van der Waals surface area contributed by atoms with Crippen LogP contribution in [0.5, 0.6) is 0 Å². The number of rotatable bonds is 2. The Bertz CT molecular complexity index is 1020. The van der Waals surface area contributed by atoms with Crippen LogP contribution in [0.2, 0.25) is 0 Å². The lowest BCUT2D eigenvalue weighted by Gasteiger charge is -2.32. The molecule has 146 valence electrons. The van der Waals surface area contributed by atoms with Crippen LogP contribution >= 0.6 is 0 Å². The zero-order valence-corrected chi connectivity index (χ0v) is 15.9. The Hall–Kier alpha value is -2.83. The Balaban J connectivity index is 1.23. The number of H-pyrrole nitrogens is 1. The maximum absolute atomic E-state index is 13.7. The summed E-state index contributed by atoms with van der Waals surface area (Å²) in [6.07, 6.45) is 8.40. The first-order valence-corrected chi connectivity index (χ1v) is 9.95. The van der Waals surface area contributed by atoms with Crippen molar-refractivity contribution >= 4 is 16.9 Å². The fourth-order valence-corrected chi connectivity index (χ4v) is 4.74. The van der Waals surface area contributed by atoms with E-state index in [1.165, 1.54) is 6.07 Å². The molecule has 0 spiro atoms. The van der Waals surface area contributed by atoms with Gasteiger partial charge in [0.25, 0.3) is 0 Å². The summed E-state index contributed by atoms with van der Waals surface area (Å²) in [5.41, 5.74) is 2.11. The molecule has 0 radical (unpaired) electrons. The molecule has 4 heterocycles. The van der Waals surface area contributed by atoms with Gasteiger partial charge in [0.05, 0.1) is 6.04 Å². The molecule has 2 atom stereocenters. The second-order valence-corrected chi connectivity index (χ2v) is 7.97. The molecular weight excluding hydrogens is 357 g/mol. The number of halogens is 1. The fourth-order valence-electron chi connectivity index (χ4n) is 4.74. The average molecular weight is 381 g/mol. The number of hydrogen-bond donors (Lipinski definition) is 2. The number of benzene rings is 1. The van der Waals surface area contributed by atoms with E-state index in [0.717, 1.165) is 41.6 Å². The number of nitrogens with zero attached hydrogens (tertiary/aromatic N) is 3. The van der Waals surface area contributed by atoms with E-state index in [9.17, 15) is 9.18 Å². The SMILES string of the molecule is CC1CC(NC(=O)N2CCC(c3c[nH]c4ccc(F)cc34)CC2)c2nccn21. The number of aromatic nitrogens is 3. The molecule has 2 aliphatic rings. The lowest BCUT2D eigenvalue weighted by molar-refractivity contribution is 0.177. The van der Waals surface area contributed by atoms with E-state index >= 15 is 0 Å². The Morgan fingerprint density at radius 3 is 2.96 bits per heavy atom. The number of piperidine rings is 1. The number of carbonyl (C=O) groups excluding carboxylic acids is 1. The summed E-state index contributed by atoms with van der Waals surface area (Å²) in [6, 6.07) is 5.18. The molecule has 0 saturated carbocycles. The van der Waals surface area contributed by atoms with Gasteiger partial charge in [0.1, 0.15) is 11.6 Å². The van der Waals surface area contributed by atoms with E-state index in [2.05, 4.69) is 26.8 Å². The predicted octanol–water partition coefficient (Wildman–Crippen LogP) is 4.10.